The van der Waals surface area contributed by atoms with Crippen molar-refractivity contribution < 1.29 is 17.9 Å². The Hall–Kier alpha value is -3.40. The summed E-state index contributed by atoms with van der Waals surface area (Å²) >= 11 is 5.75. The average Bonchev–Trinajstić information content (AvgIpc) is 2.69. The summed E-state index contributed by atoms with van der Waals surface area (Å²) in [6, 6.07) is 5.93. The Labute approximate surface area is 160 Å². The van der Waals surface area contributed by atoms with Crippen LogP contribution in [0, 0.1) is 0 Å². The molecule has 28 heavy (non-hydrogen) atoms. The Morgan fingerprint density at radius 1 is 0.893 bits per heavy atom. The molecule has 0 saturated heterocycles. The summed E-state index contributed by atoms with van der Waals surface area (Å²) in [6.07, 6.45) is 0.710. The van der Waals surface area contributed by atoms with Crippen LogP contribution in [0.4, 0.5) is 13.2 Å². The number of halogens is 4. The number of rotatable bonds is 3. The molecule has 140 valence electrons. The quantitative estimate of drug-likeness (QED) is 0.502. The number of hydrogen-bond acceptors (Lipinski definition) is 7. The number of ether oxygens (including phenoxy) is 1. The SMILES string of the molecule is FC(F)(F)c1nc(-c2ncccn2)c2c(Oc3ncc(Cl)cn3)cccc2n1. The molecule has 1 aromatic carbocycles. The molecule has 0 amide bonds. The molecule has 4 rings (SSSR count). The molecule has 0 N–H and O–H groups in total. The smallest absolute Gasteiger partial charge is 0.423 e. The summed E-state index contributed by atoms with van der Waals surface area (Å²) < 4.78 is 45.4. The van der Waals surface area contributed by atoms with Crippen LogP contribution in [0.15, 0.2) is 49.1 Å². The molecule has 0 aliphatic heterocycles. The molecule has 0 fully saturated rings. The molecule has 0 atom stereocenters. The molecule has 0 radical (unpaired) electrons. The third kappa shape index (κ3) is 3.54. The van der Waals surface area contributed by atoms with Crippen LogP contribution in [0.2, 0.25) is 5.02 Å². The van der Waals surface area contributed by atoms with Gasteiger partial charge in [0.2, 0.25) is 5.82 Å². The van der Waals surface area contributed by atoms with Crippen LogP contribution in [-0.2, 0) is 6.18 Å². The zero-order chi connectivity index (χ0) is 19.7. The molecule has 7 nitrogen and oxygen atoms in total. The first-order valence-electron chi connectivity index (χ1n) is 7.72. The summed E-state index contributed by atoms with van der Waals surface area (Å²) in [5.74, 6) is -1.16. The molecule has 11 heteroatoms. The number of fused-ring (bicyclic) bond motifs is 1. The van der Waals surface area contributed by atoms with Crippen LogP contribution >= 0.6 is 11.6 Å². The third-order valence-corrected chi connectivity index (χ3v) is 3.71. The number of hydrogen-bond donors (Lipinski definition) is 0. The van der Waals surface area contributed by atoms with Crippen molar-refractivity contribution in [3.05, 3.63) is 59.9 Å². The second-order valence-corrected chi connectivity index (χ2v) is 5.84. The highest BCUT2D eigenvalue weighted by atomic mass is 35.5. The molecule has 0 bridgehead atoms. The van der Waals surface area contributed by atoms with Gasteiger partial charge in [0, 0.05) is 12.4 Å². The van der Waals surface area contributed by atoms with Gasteiger partial charge in [-0.2, -0.15) is 13.2 Å². The molecule has 4 aromatic rings. The first-order valence-corrected chi connectivity index (χ1v) is 8.10. The van der Waals surface area contributed by atoms with Crippen molar-refractivity contribution in [2.75, 3.05) is 0 Å². The maximum Gasteiger partial charge on any atom is 0.451 e. The minimum atomic E-state index is -4.74. The fourth-order valence-electron chi connectivity index (χ4n) is 2.40. The predicted octanol–water partition coefficient (Wildman–Crippen LogP) is 4.34. The van der Waals surface area contributed by atoms with Gasteiger partial charge in [0.05, 0.1) is 28.3 Å². The second kappa shape index (κ2) is 6.97. The van der Waals surface area contributed by atoms with Crippen LogP contribution in [0.1, 0.15) is 5.82 Å². The first-order chi connectivity index (χ1) is 13.4. The van der Waals surface area contributed by atoms with Gasteiger partial charge < -0.3 is 4.74 Å². The van der Waals surface area contributed by atoms with E-state index in [1.54, 1.807) is 0 Å². The molecule has 0 aliphatic rings. The van der Waals surface area contributed by atoms with Crippen molar-refractivity contribution in [2.45, 2.75) is 6.18 Å². The second-order valence-electron chi connectivity index (χ2n) is 5.40. The van der Waals surface area contributed by atoms with Gasteiger partial charge in [0.1, 0.15) is 11.4 Å². The largest absolute Gasteiger partial charge is 0.451 e. The Balaban J connectivity index is 1.95. The lowest BCUT2D eigenvalue weighted by atomic mass is 10.1. The predicted molar refractivity (Wildman–Crippen MR) is 92.7 cm³/mol. The zero-order valence-electron chi connectivity index (χ0n) is 13.7. The van der Waals surface area contributed by atoms with Crippen molar-refractivity contribution >= 4 is 22.5 Å². The van der Waals surface area contributed by atoms with E-state index in [-0.39, 0.29) is 34.2 Å². The van der Waals surface area contributed by atoms with Crippen molar-refractivity contribution in [3.8, 4) is 23.3 Å². The molecule has 0 spiro atoms. The maximum atomic E-state index is 13.3. The van der Waals surface area contributed by atoms with E-state index in [1.165, 1.54) is 49.1 Å². The lowest BCUT2D eigenvalue weighted by Gasteiger charge is -2.13. The van der Waals surface area contributed by atoms with Crippen molar-refractivity contribution in [3.63, 3.8) is 0 Å². The van der Waals surface area contributed by atoms with E-state index in [9.17, 15) is 13.2 Å². The monoisotopic (exact) mass is 404 g/mol. The Bertz CT molecular complexity index is 1140. The van der Waals surface area contributed by atoms with Gasteiger partial charge in [-0.25, -0.2) is 29.9 Å². The molecule has 3 aromatic heterocycles. The van der Waals surface area contributed by atoms with Crippen molar-refractivity contribution in [1.29, 1.82) is 0 Å². The van der Waals surface area contributed by atoms with Gasteiger partial charge in [-0.3, -0.25) is 0 Å². The van der Waals surface area contributed by atoms with E-state index in [4.69, 9.17) is 16.3 Å². The van der Waals surface area contributed by atoms with E-state index >= 15 is 0 Å². The standard InChI is InChI=1S/C17H8ClF3N6O/c18-9-7-24-16(25-8-9)28-11-4-1-3-10-12(11)13(14-22-5-2-6-23-14)27-15(26-10)17(19,20)21/h1-8H. The minimum absolute atomic E-state index is 0.00604. The van der Waals surface area contributed by atoms with Gasteiger partial charge in [-0.05, 0) is 18.2 Å². The van der Waals surface area contributed by atoms with E-state index in [1.807, 2.05) is 0 Å². The van der Waals surface area contributed by atoms with Gasteiger partial charge >= 0.3 is 12.2 Å². The number of benzene rings is 1. The maximum absolute atomic E-state index is 13.3. The highest BCUT2D eigenvalue weighted by Gasteiger charge is 2.36. The summed E-state index contributed by atoms with van der Waals surface area (Å²) in [4.78, 5) is 23.1. The van der Waals surface area contributed by atoms with Gasteiger partial charge in [-0.15, -0.1) is 0 Å². The minimum Gasteiger partial charge on any atom is -0.423 e. The fourth-order valence-corrected chi connectivity index (χ4v) is 2.50. The Morgan fingerprint density at radius 3 is 2.29 bits per heavy atom. The normalized spacial score (nSPS) is 11.6. The molecule has 3 heterocycles. The summed E-state index contributed by atoms with van der Waals surface area (Å²) in [5.41, 5.74) is -0.112. The van der Waals surface area contributed by atoms with Gasteiger partial charge in [0.15, 0.2) is 5.82 Å². The lowest BCUT2D eigenvalue weighted by molar-refractivity contribution is -0.144. The van der Waals surface area contributed by atoms with E-state index in [2.05, 4.69) is 29.9 Å². The van der Waals surface area contributed by atoms with E-state index in [0.717, 1.165) is 0 Å². The lowest BCUT2D eigenvalue weighted by Crippen LogP contribution is -2.12. The number of alkyl halides is 3. The van der Waals surface area contributed by atoms with E-state index < -0.39 is 12.0 Å². The van der Waals surface area contributed by atoms with Gasteiger partial charge in [-0.1, -0.05) is 17.7 Å². The number of nitrogens with zero attached hydrogens (tertiary/aromatic N) is 6. The molecule has 0 saturated carbocycles. The highest BCUT2D eigenvalue weighted by Crippen LogP contribution is 2.36. The van der Waals surface area contributed by atoms with Crippen LogP contribution in [-0.4, -0.2) is 29.9 Å². The zero-order valence-corrected chi connectivity index (χ0v) is 14.5. The molecular weight excluding hydrogens is 397 g/mol. The van der Waals surface area contributed by atoms with Crippen LogP contribution in [0.5, 0.6) is 11.8 Å². The molecule has 0 unspecified atom stereocenters. The topological polar surface area (TPSA) is 86.6 Å². The Kier molecular flexibility index (Phi) is 4.47. The Morgan fingerprint density at radius 2 is 1.61 bits per heavy atom. The summed E-state index contributed by atoms with van der Waals surface area (Å²) in [5, 5.41) is 0.502. The van der Waals surface area contributed by atoms with Gasteiger partial charge in [0.25, 0.3) is 0 Å². The number of aromatic nitrogens is 6. The summed E-state index contributed by atoms with van der Waals surface area (Å²) in [7, 11) is 0. The van der Waals surface area contributed by atoms with Crippen LogP contribution in [0.25, 0.3) is 22.4 Å². The third-order valence-electron chi connectivity index (χ3n) is 3.51. The first kappa shape index (κ1) is 18.0. The van der Waals surface area contributed by atoms with Crippen LogP contribution in [0.3, 0.4) is 0 Å². The van der Waals surface area contributed by atoms with Crippen LogP contribution < -0.4 is 4.74 Å². The highest BCUT2D eigenvalue weighted by molar-refractivity contribution is 6.30. The van der Waals surface area contributed by atoms with Crippen molar-refractivity contribution in [2.24, 2.45) is 0 Å². The average molecular weight is 405 g/mol. The molecular formula is C17H8ClF3N6O. The van der Waals surface area contributed by atoms with Crippen molar-refractivity contribution in [1.82, 2.24) is 29.9 Å². The molecule has 0 aliphatic carbocycles. The fraction of sp³-hybridized carbons (Fsp3) is 0.0588. The summed E-state index contributed by atoms with van der Waals surface area (Å²) in [6.45, 7) is 0. The van der Waals surface area contributed by atoms with E-state index in [0.29, 0.717) is 5.02 Å².